The van der Waals surface area contributed by atoms with Gasteiger partial charge in [0.15, 0.2) is 0 Å². The van der Waals surface area contributed by atoms with Crippen LogP contribution < -0.4 is 10.3 Å². The molecular formula is C16H16N2O2S. The number of thiophene rings is 1. The summed E-state index contributed by atoms with van der Waals surface area (Å²) in [7, 11) is 1.58. The third-order valence-electron chi connectivity index (χ3n) is 3.58. The van der Waals surface area contributed by atoms with Gasteiger partial charge in [-0.2, -0.15) is 11.3 Å². The van der Waals surface area contributed by atoms with Gasteiger partial charge in [-0.1, -0.05) is 6.07 Å². The third kappa shape index (κ3) is 2.56. The van der Waals surface area contributed by atoms with Crippen LogP contribution in [0.3, 0.4) is 0 Å². The first kappa shape index (κ1) is 13.8. The Balaban J connectivity index is 2.04. The number of fused-ring (bicyclic) bond motifs is 1. The van der Waals surface area contributed by atoms with Gasteiger partial charge < -0.3 is 4.74 Å². The third-order valence-corrected chi connectivity index (χ3v) is 4.31. The molecule has 2 heterocycles. The van der Waals surface area contributed by atoms with Crippen LogP contribution in [-0.2, 0) is 6.42 Å². The average molecular weight is 300 g/mol. The van der Waals surface area contributed by atoms with Crippen LogP contribution >= 0.6 is 11.3 Å². The topological polar surface area (TPSA) is 44.1 Å². The van der Waals surface area contributed by atoms with Crippen molar-refractivity contribution < 1.29 is 4.74 Å². The fraction of sp³-hybridized carbons (Fsp3) is 0.250. The molecule has 0 bridgehead atoms. The first-order valence-electron chi connectivity index (χ1n) is 6.75. The molecule has 0 amide bonds. The maximum Gasteiger partial charge on any atom is 0.261 e. The number of para-hydroxylation sites is 1. The summed E-state index contributed by atoms with van der Waals surface area (Å²) in [6, 6.07) is 7.58. The Hall–Kier alpha value is -2.14. The maximum absolute atomic E-state index is 12.6. The van der Waals surface area contributed by atoms with E-state index in [-0.39, 0.29) is 11.6 Å². The van der Waals surface area contributed by atoms with E-state index in [1.54, 1.807) is 35.4 Å². The van der Waals surface area contributed by atoms with Gasteiger partial charge in [0.1, 0.15) is 11.3 Å². The number of hydrogen-bond acceptors (Lipinski definition) is 4. The van der Waals surface area contributed by atoms with Gasteiger partial charge in [-0.3, -0.25) is 9.36 Å². The Morgan fingerprint density at radius 1 is 1.38 bits per heavy atom. The van der Waals surface area contributed by atoms with E-state index >= 15 is 0 Å². The molecule has 0 aliphatic rings. The molecule has 1 unspecified atom stereocenters. The number of nitrogens with zero attached hydrogens (tertiary/aromatic N) is 2. The molecule has 3 aromatic rings. The second-order valence-corrected chi connectivity index (χ2v) is 5.78. The summed E-state index contributed by atoms with van der Waals surface area (Å²) in [6.07, 6.45) is 2.44. The van der Waals surface area contributed by atoms with Gasteiger partial charge in [-0.15, -0.1) is 0 Å². The number of benzene rings is 1. The first-order valence-corrected chi connectivity index (χ1v) is 7.70. The summed E-state index contributed by atoms with van der Waals surface area (Å²) in [5.41, 5.74) is 1.83. The van der Waals surface area contributed by atoms with Crippen LogP contribution in [0.5, 0.6) is 5.75 Å². The van der Waals surface area contributed by atoms with E-state index in [2.05, 4.69) is 16.4 Å². The molecule has 0 aliphatic heterocycles. The molecule has 4 nitrogen and oxygen atoms in total. The lowest BCUT2D eigenvalue weighted by Crippen LogP contribution is -2.25. The van der Waals surface area contributed by atoms with Crippen LogP contribution in [0.25, 0.3) is 10.9 Å². The zero-order valence-corrected chi connectivity index (χ0v) is 12.8. The zero-order chi connectivity index (χ0) is 14.8. The van der Waals surface area contributed by atoms with E-state index in [1.807, 2.05) is 24.4 Å². The second kappa shape index (κ2) is 5.69. The Labute approximate surface area is 126 Å². The highest BCUT2D eigenvalue weighted by Gasteiger charge is 2.13. The summed E-state index contributed by atoms with van der Waals surface area (Å²) in [5, 5.41) is 4.75. The Morgan fingerprint density at radius 2 is 2.24 bits per heavy atom. The number of aromatic nitrogens is 2. The van der Waals surface area contributed by atoms with Crippen LogP contribution in [0.15, 0.2) is 46.1 Å². The van der Waals surface area contributed by atoms with Gasteiger partial charge in [-0.25, -0.2) is 4.98 Å². The predicted molar refractivity (Wildman–Crippen MR) is 85.3 cm³/mol. The molecule has 0 saturated heterocycles. The summed E-state index contributed by atoms with van der Waals surface area (Å²) in [5.74, 6) is 0.627. The smallest absolute Gasteiger partial charge is 0.261 e. The van der Waals surface area contributed by atoms with Gasteiger partial charge in [0.25, 0.3) is 5.56 Å². The maximum atomic E-state index is 12.6. The summed E-state index contributed by atoms with van der Waals surface area (Å²) in [4.78, 5) is 17.0. The number of hydrogen-bond donors (Lipinski definition) is 0. The highest BCUT2D eigenvalue weighted by atomic mass is 32.1. The number of ether oxygens (including phenoxy) is 1. The van der Waals surface area contributed by atoms with Crippen LogP contribution in [0, 0.1) is 0 Å². The van der Waals surface area contributed by atoms with Gasteiger partial charge in [0, 0.05) is 6.04 Å². The highest BCUT2D eigenvalue weighted by Crippen LogP contribution is 2.21. The molecule has 1 atom stereocenters. The van der Waals surface area contributed by atoms with E-state index < -0.39 is 0 Å². The van der Waals surface area contributed by atoms with Crippen molar-refractivity contribution in [2.45, 2.75) is 19.4 Å². The molecule has 0 aliphatic carbocycles. The number of methoxy groups -OCH3 is 1. The second-order valence-electron chi connectivity index (χ2n) is 5.00. The molecular weight excluding hydrogens is 284 g/mol. The summed E-state index contributed by atoms with van der Waals surface area (Å²) in [6.45, 7) is 2.03. The molecule has 0 saturated carbocycles. The lowest BCUT2D eigenvalue weighted by atomic mass is 10.1. The van der Waals surface area contributed by atoms with E-state index in [0.717, 1.165) is 6.42 Å². The van der Waals surface area contributed by atoms with E-state index in [0.29, 0.717) is 16.7 Å². The van der Waals surface area contributed by atoms with Crippen molar-refractivity contribution in [3.63, 3.8) is 0 Å². The molecule has 108 valence electrons. The largest absolute Gasteiger partial charge is 0.494 e. The molecule has 0 spiro atoms. The molecule has 1 aromatic carbocycles. The van der Waals surface area contributed by atoms with Gasteiger partial charge in [0.2, 0.25) is 0 Å². The van der Waals surface area contributed by atoms with Crippen molar-refractivity contribution >= 4 is 22.2 Å². The quantitative estimate of drug-likeness (QED) is 0.743. The highest BCUT2D eigenvalue weighted by molar-refractivity contribution is 7.07. The van der Waals surface area contributed by atoms with Gasteiger partial charge in [0.05, 0.1) is 18.8 Å². The Morgan fingerprint density at radius 3 is 2.95 bits per heavy atom. The van der Waals surface area contributed by atoms with Crippen molar-refractivity contribution in [1.82, 2.24) is 9.55 Å². The minimum atomic E-state index is -0.0263. The predicted octanol–water partition coefficient (Wildman–Crippen LogP) is 3.27. The van der Waals surface area contributed by atoms with Gasteiger partial charge in [-0.05, 0) is 47.9 Å². The minimum Gasteiger partial charge on any atom is -0.494 e. The van der Waals surface area contributed by atoms with Crippen molar-refractivity contribution in [1.29, 1.82) is 0 Å². The summed E-state index contributed by atoms with van der Waals surface area (Å²) >= 11 is 1.67. The van der Waals surface area contributed by atoms with Crippen molar-refractivity contribution in [3.8, 4) is 5.75 Å². The van der Waals surface area contributed by atoms with E-state index in [9.17, 15) is 4.79 Å². The lowest BCUT2D eigenvalue weighted by Gasteiger charge is -2.15. The molecule has 21 heavy (non-hydrogen) atoms. The van der Waals surface area contributed by atoms with E-state index in [4.69, 9.17) is 4.74 Å². The SMILES string of the molecule is COc1cccc2c(=O)n(C(C)Cc3ccsc3)cnc12. The molecule has 0 radical (unpaired) electrons. The van der Waals surface area contributed by atoms with Crippen LogP contribution in [0.1, 0.15) is 18.5 Å². The first-order chi connectivity index (χ1) is 10.2. The van der Waals surface area contributed by atoms with Crippen LogP contribution in [0.4, 0.5) is 0 Å². The molecule has 0 N–H and O–H groups in total. The lowest BCUT2D eigenvalue weighted by molar-refractivity contribution is 0.418. The molecule has 0 fully saturated rings. The Kier molecular flexibility index (Phi) is 3.75. The fourth-order valence-electron chi connectivity index (χ4n) is 2.47. The van der Waals surface area contributed by atoms with Crippen LogP contribution in [0.2, 0.25) is 0 Å². The summed E-state index contributed by atoms with van der Waals surface area (Å²) < 4.78 is 6.95. The zero-order valence-electron chi connectivity index (χ0n) is 11.9. The minimum absolute atomic E-state index is 0.0263. The van der Waals surface area contributed by atoms with Crippen molar-refractivity contribution in [3.05, 3.63) is 57.3 Å². The Bertz CT molecular complexity index is 809. The molecule has 2 aromatic heterocycles. The molecule has 5 heteroatoms. The normalized spacial score (nSPS) is 12.5. The monoisotopic (exact) mass is 300 g/mol. The van der Waals surface area contributed by atoms with Gasteiger partial charge >= 0.3 is 0 Å². The van der Waals surface area contributed by atoms with Crippen molar-refractivity contribution in [2.75, 3.05) is 7.11 Å². The average Bonchev–Trinajstić information content (AvgIpc) is 3.00. The number of rotatable bonds is 4. The van der Waals surface area contributed by atoms with E-state index in [1.165, 1.54) is 5.56 Å². The fourth-order valence-corrected chi connectivity index (χ4v) is 3.15. The molecule has 3 rings (SSSR count). The van der Waals surface area contributed by atoms with Crippen LogP contribution in [-0.4, -0.2) is 16.7 Å². The van der Waals surface area contributed by atoms with Crippen molar-refractivity contribution in [2.24, 2.45) is 0 Å². The standard InChI is InChI=1S/C16H16N2O2S/c1-11(8-12-6-7-21-9-12)18-10-17-15-13(16(18)19)4-3-5-14(15)20-2/h3-7,9-11H,8H2,1-2H3.